The van der Waals surface area contributed by atoms with Crippen LogP contribution in [-0.2, 0) is 4.79 Å². The van der Waals surface area contributed by atoms with E-state index in [2.05, 4.69) is 26.3 Å². The Bertz CT molecular complexity index is 523. The number of carbonyl (C=O) groups excluding carboxylic acids is 1. The Morgan fingerprint density at radius 2 is 2.09 bits per heavy atom. The van der Waals surface area contributed by atoms with E-state index in [1.807, 2.05) is 0 Å². The third-order valence-corrected chi connectivity index (χ3v) is 4.78. The van der Waals surface area contributed by atoms with E-state index in [-0.39, 0.29) is 12.0 Å². The second kappa shape index (κ2) is 6.60. The van der Waals surface area contributed by atoms with Gasteiger partial charge in [-0.1, -0.05) is 0 Å². The number of hydrogen-bond donors (Lipinski definition) is 2. The first kappa shape index (κ1) is 15.2. The lowest BCUT2D eigenvalue weighted by Crippen LogP contribution is -2.38. The Labute approximate surface area is 131 Å². The predicted octanol–water partition coefficient (Wildman–Crippen LogP) is 1.07. The van der Waals surface area contributed by atoms with Gasteiger partial charge in [-0.25, -0.2) is 9.97 Å². The normalized spacial score (nSPS) is 25.6. The van der Waals surface area contributed by atoms with E-state index < -0.39 is 0 Å². The standard InChI is InChI=1S/C16H24N4O2/c1-11(21)17-9-12-2-4-20(5-3-12)16-8-15(18-10-19-16)13-6-14(22)7-13/h8,10,12-14,22H,2-7,9H2,1H3,(H,17,21). The summed E-state index contributed by atoms with van der Waals surface area (Å²) in [4.78, 5) is 22.0. The number of piperidine rings is 1. The lowest BCUT2D eigenvalue weighted by atomic mass is 9.80. The molecule has 1 aromatic heterocycles. The topological polar surface area (TPSA) is 78.4 Å². The number of aromatic nitrogens is 2. The summed E-state index contributed by atoms with van der Waals surface area (Å²) < 4.78 is 0. The molecule has 0 atom stereocenters. The minimum atomic E-state index is -0.159. The molecule has 6 heteroatoms. The fraction of sp³-hybridized carbons (Fsp3) is 0.688. The van der Waals surface area contributed by atoms with Crippen LogP contribution in [0.3, 0.4) is 0 Å². The molecule has 120 valence electrons. The van der Waals surface area contributed by atoms with Crippen molar-refractivity contribution in [3.05, 3.63) is 18.1 Å². The Kier molecular flexibility index (Phi) is 4.57. The molecular weight excluding hydrogens is 280 g/mol. The first-order chi connectivity index (χ1) is 10.6. The molecule has 0 radical (unpaired) electrons. The maximum atomic E-state index is 11.0. The maximum Gasteiger partial charge on any atom is 0.216 e. The molecule has 3 rings (SSSR count). The number of nitrogens with zero attached hydrogens (tertiary/aromatic N) is 3. The molecule has 1 saturated heterocycles. The Hall–Kier alpha value is -1.69. The van der Waals surface area contributed by atoms with Crippen LogP contribution in [0.25, 0.3) is 0 Å². The van der Waals surface area contributed by atoms with Crippen molar-refractivity contribution in [2.45, 2.75) is 44.6 Å². The van der Waals surface area contributed by atoms with Gasteiger partial charge in [0.15, 0.2) is 0 Å². The maximum absolute atomic E-state index is 11.0. The van der Waals surface area contributed by atoms with Gasteiger partial charge in [0.2, 0.25) is 5.91 Å². The molecular formula is C16H24N4O2. The lowest BCUT2D eigenvalue weighted by molar-refractivity contribution is -0.119. The van der Waals surface area contributed by atoms with Crippen molar-refractivity contribution in [1.29, 1.82) is 0 Å². The molecule has 0 bridgehead atoms. The molecule has 2 heterocycles. The van der Waals surface area contributed by atoms with Gasteiger partial charge in [-0.3, -0.25) is 4.79 Å². The van der Waals surface area contributed by atoms with Gasteiger partial charge in [0, 0.05) is 44.2 Å². The quantitative estimate of drug-likeness (QED) is 0.870. The molecule has 0 unspecified atom stereocenters. The average Bonchev–Trinajstić information content (AvgIpc) is 2.50. The van der Waals surface area contributed by atoms with Crippen molar-refractivity contribution in [3.63, 3.8) is 0 Å². The molecule has 1 aliphatic carbocycles. The van der Waals surface area contributed by atoms with Crippen LogP contribution < -0.4 is 10.2 Å². The number of hydrogen-bond acceptors (Lipinski definition) is 5. The molecule has 22 heavy (non-hydrogen) atoms. The second-order valence-corrected chi connectivity index (χ2v) is 6.49. The Balaban J connectivity index is 1.55. The summed E-state index contributed by atoms with van der Waals surface area (Å²) in [6, 6.07) is 2.07. The van der Waals surface area contributed by atoms with Crippen LogP contribution in [0.2, 0.25) is 0 Å². The van der Waals surface area contributed by atoms with Gasteiger partial charge < -0.3 is 15.3 Å². The highest BCUT2D eigenvalue weighted by Gasteiger charge is 2.30. The van der Waals surface area contributed by atoms with Gasteiger partial charge in [0.05, 0.1) is 6.10 Å². The average molecular weight is 304 g/mol. The monoisotopic (exact) mass is 304 g/mol. The van der Waals surface area contributed by atoms with Crippen molar-refractivity contribution in [1.82, 2.24) is 15.3 Å². The van der Waals surface area contributed by atoms with Crippen LogP contribution in [0.4, 0.5) is 5.82 Å². The number of nitrogens with one attached hydrogen (secondary N) is 1. The molecule has 6 nitrogen and oxygen atoms in total. The van der Waals surface area contributed by atoms with Gasteiger partial charge in [-0.15, -0.1) is 0 Å². The summed E-state index contributed by atoms with van der Waals surface area (Å²) in [6.07, 6.45) is 5.25. The number of rotatable bonds is 4. The smallest absolute Gasteiger partial charge is 0.216 e. The molecule has 1 amide bonds. The summed E-state index contributed by atoms with van der Waals surface area (Å²) >= 11 is 0. The summed E-state index contributed by atoms with van der Waals surface area (Å²) in [5.41, 5.74) is 1.05. The van der Waals surface area contributed by atoms with Gasteiger partial charge in [-0.2, -0.15) is 0 Å². The molecule has 2 fully saturated rings. The SMILES string of the molecule is CC(=O)NCC1CCN(c2cc(C3CC(O)C3)ncn2)CC1. The third kappa shape index (κ3) is 3.55. The number of amides is 1. The summed E-state index contributed by atoms with van der Waals surface area (Å²) in [6.45, 7) is 4.27. The predicted molar refractivity (Wildman–Crippen MR) is 83.6 cm³/mol. The van der Waals surface area contributed by atoms with Gasteiger partial charge in [0.1, 0.15) is 12.1 Å². The first-order valence-corrected chi connectivity index (χ1v) is 8.11. The van der Waals surface area contributed by atoms with Crippen LogP contribution in [-0.4, -0.2) is 46.7 Å². The minimum absolute atomic E-state index is 0.0468. The Morgan fingerprint density at radius 3 is 2.73 bits per heavy atom. The number of aliphatic hydroxyl groups is 1. The second-order valence-electron chi connectivity index (χ2n) is 6.49. The lowest BCUT2D eigenvalue weighted by Gasteiger charge is -2.34. The highest BCUT2D eigenvalue weighted by molar-refractivity contribution is 5.72. The van der Waals surface area contributed by atoms with Gasteiger partial charge in [0.25, 0.3) is 0 Å². The van der Waals surface area contributed by atoms with Crippen molar-refractivity contribution in [2.24, 2.45) is 5.92 Å². The zero-order valence-electron chi connectivity index (χ0n) is 13.0. The van der Waals surface area contributed by atoms with Crippen molar-refractivity contribution >= 4 is 11.7 Å². The number of carbonyl (C=O) groups is 1. The van der Waals surface area contributed by atoms with Gasteiger partial charge in [-0.05, 0) is 31.6 Å². The Morgan fingerprint density at radius 1 is 1.36 bits per heavy atom. The summed E-state index contributed by atoms with van der Waals surface area (Å²) in [5.74, 6) is 1.98. The van der Waals surface area contributed by atoms with Crippen molar-refractivity contribution in [3.8, 4) is 0 Å². The minimum Gasteiger partial charge on any atom is -0.393 e. The molecule has 0 spiro atoms. The molecule has 2 N–H and O–H groups in total. The zero-order chi connectivity index (χ0) is 15.5. The third-order valence-electron chi connectivity index (χ3n) is 4.78. The molecule has 2 aliphatic rings. The largest absolute Gasteiger partial charge is 0.393 e. The summed E-state index contributed by atoms with van der Waals surface area (Å²) in [5, 5.41) is 12.3. The van der Waals surface area contributed by atoms with E-state index in [1.54, 1.807) is 13.3 Å². The zero-order valence-corrected chi connectivity index (χ0v) is 13.0. The van der Waals surface area contributed by atoms with Crippen LogP contribution in [0.5, 0.6) is 0 Å². The van der Waals surface area contributed by atoms with Gasteiger partial charge >= 0.3 is 0 Å². The number of anilines is 1. The highest BCUT2D eigenvalue weighted by atomic mass is 16.3. The highest BCUT2D eigenvalue weighted by Crippen LogP contribution is 2.36. The van der Waals surface area contributed by atoms with Crippen LogP contribution >= 0.6 is 0 Å². The van der Waals surface area contributed by atoms with E-state index in [0.717, 1.165) is 56.8 Å². The molecule has 1 saturated carbocycles. The van der Waals surface area contributed by atoms with Crippen molar-refractivity contribution < 1.29 is 9.90 Å². The number of aliphatic hydroxyl groups excluding tert-OH is 1. The van der Waals surface area contributed by atoms with Crippen molar-refractivity contribution in [2.75, 3.05) is 24.5 Å². The van der Waals surface area contributed by atoms with E-state index in [1.165, 1.54) is 0 Å². The van der Waals surface area contributed by atoms with E-state index in [0.29, 0.717) is 11.8 Å². The summed E-state index contributed by atoms with van der Waals surface area (Å²) in [7, 11) is 0. The fourth-order valence-electron chi connectivity index (χ4n) is 3.24. The molecule has 0 aromatic carbocycles. The molecule has 1 aromatic rings. The fourth-order valence-corrected chi connectivity index (χ4v) is 3.24. The van der Waals surface area contributed by atoms with E-state index >= 15 is 0 Å². The first-order valence-electron chi connectivity index (χ1n) is 8.11. The van der Waals surface area contributed by atoms with E-state index in [4.69, 9.17) is 0 Å². The van der Waals surface area contributed by atoms with Crippen LogP contribution in [0.15, 0.2) is 12.4 Å². The molecule has 1 aliphatic heterocycles. The van der Waals surface area contributed by atoms with E-state index in [9.17, 15) is 9.90 Å². The van der Waals surface area contributed by atoms with Crippen LogP contribution in [0.1, 0.15) is 44.2 Å². The van der Waals surface area contributed by atoms with Crippen LogP contribution in [0, 0.1) is 5.92 Å².